The summed E-state index contributed by atoms with van der Waals surface area (Å²) in [5.74, 6) is -1.46. The van der Waals surface area contributed by atoms with Crippen LogP contribution in [0.2, 0.25) is 0 Å². The van der Waals surface area contributed by atoms with Crippen LogP contribution in [-0.2, 0) is 11.2 Å². The first-order valence-corrected chi connectivity index (χ1v) is 8.36. The molecule has 6 heteroatoms. The SMILES string of the molecule is O=C(N[C@H](Cc1cccc(I)c1)C(=O)O)c1cccc(Br)c1. The van der Waals surface area contributed by atoms with Crippen molar-refractivity contribution in [3.8, 4) is 0 Å². The van der Waals surface area contributed by atoms with Crippen molar-refractivity contribution < 1.29 is 14.7 Å². The van der Waals surface area contributed by atoms with Gasteiger partial charge in [0.1, 0.15) is 6.04 Å². The Morgan fingerprint density at radius 1 is 1.18 bits per heavy atom. The normalized spacial score (nSPS) is 11.7. The first kappa shape index (κ1) is 17.0. The van der Waals surface area contributed by atoms with Gasteiger partial charge in [-0.05, 0) is 58.5 Å². The molecule has 2 aromatic carbocycles. The van der Waals surface area contributed by atoms with Crippen LogP contribution >= 0.6 is 38.5 Å². The molecular weight excluding hydrogens is 461 g/mol. The molecule has 1 amide bonds. The van der Waals surface area contributed by atoms with E-state index in [2.05, 4.69) is 43.8 Å². The number of carbonyl (C=O) groups excluding carboxylic acids is 1. The fraction of sp³-hybridized carbons (Fsp3) is 0.125. The van der Waals surface area contributed by atoms with Crippen LogP contribution in [0.25, 0.3) is 0 Å². The van der Waals surface area contributed by atoms with Gasteiger partial charge in [0, 0.05) is 20.0 Å². The Morgan fingerprint density at radius 2 is 1.91 bits per heavy atom. The number of carbonyl (C=O) groups is 2. The molecular formula is C16H13BrINO3. The Bertz CT molecular complexity index is 705. The first-order valence-electron chi connectivity index (χ1n) is 6.49. The highest BCUT2D eigenvalue weighted by molar-refractivity contribution is 14.1. The quantitative estimate of drug-likeness (QED) is 0.653. The minimum atomic E-state index is -1.05. The van der Waals surface area contributed by atoms with Gasteiger partial charge in [0.2, 0.25) is 0 Å². The van der Waals surface area contributed by atoms with Crippen LogP contribution < -0.4 is 5.32 Å². The molecule has 0 heterocycles. The number of amides is 1. The highest BCUT2D eigenvalue weighted by Gasteiger charge is 2.21. The lowest BCUT2D eigenvalue weighted by Crippen LogP contribution is -2.42. The summed E-state index contributed by atoms with van der Waals surface area (Å²) in [6, 6.07) is 13.4. The second-order valence-electron chi connectivity index (χ2n) is 4.71. The third-order valence-electron chi connectivity index (χ3n) is 3.02. The zero-order valence-electron chi connectivity index (χ0n) is 11.4. The standard InChI is InChI=1S/C16H13BrINO3/c17-12-5-2-4-11(9-12)15(20)19-14(16(21)22)8-10-3-1-6-13(18)7-10/h1-7,9,14H,8H2,(H,19,20)(H,21,22)/t14-/m1/s1. The van der Waals surface area contributed by atoms with Crippen LogP contribution in [0.15, 0.2) is 53.0 Å². The molecule has 0 aliphatic heterocycles. The van der Waals surface area contributed by atoms with E-state index < -0.39 is 17.9 Å². The number of nitrogens with one attached hydrogen (secondary N) is 1. The Balaban J connectivity index is 2.12. The molecule has 0 fully saturated rings. The molecule has 2 N–H and O–H groups in total. The first-order chi connectivity index (χ1) is 10.5. The monoisotopic (exact) mass is 473 g/mol. The number of rotatable bonds is 5. The topological polar surface area (TPSA) is 66.4 Å². The van der Waals surface area contributed by atoms with E-state index in [1.54, 1.807) is 24.3 Å². The predicted molar refractivity (Wildman–Crippen MR) is 95.9 cm³/mol. The third-order valence-corrected chi connectivity index (χ3v) is 4.18. The summed E-state index contributed by atoms with van der Waals surface area (Å²) in [4.78, 5) is 23.6. The van der Waals surface area contributed by atoms with Crippen LogP contribution in [0.3, 0.4) is 0 Å². The number of benzene rings is 2. The number of hydrogen-bond donors (Lipinski definition) is 2. The lowest BCUT2D eigenvalue weighted by atomic mass is 10.1. The molecule has 0 spiro atoms. The lowest BCUT2D eigenvalue weighted by molar-refractivity contribution is -0.139. The van der Waals surface area contributed by atoms with Crippen molar-refractivity contribution in [2.45, 2.75) is 12.5 Å². The van der Waals surface area contributed by atoms with Crippen molar-refractivity contribution in [2.24, 2.45) is 0 Å². The summed E-state index contributed by atoms with van der Waals surface area (Å²) in [6.45, 7) is 0. The van der Waals surface area contributed by atoms with Crippen LogP contribution in [0.4, 0.5) is 0 Å². The molecule has 2 aromatic rings. The van der Waals surface area contributed by atoms with Crippen molar-refractivity contribution in [3.05, 3.63) is 67.7 Å². The maximum Gasteiger partial charge on any atom is 0.326 e. The van der Waals surface area contributed by atoms with Crippen LogP contribution in [0.1, 0.15) is 15.9 Å². The van der Waals surface area contributed by atoms with Gasteiger partial charge < -0.3 is 10.4 Å². The van der Waals surface area contributed by atoms with Crippen molar-refractivity contribution in [1.82, 2.24) is 5.32 Å². The number of carboxylic acids is 1. The molecule has 22 heavy (non-hydrogen) atoms. The minimum absolute atomic E-state index is 0.242. The maximum absolute atomic E-state index is 12.2. The molecule has 0 aromatic heterocycles. The van der Waals surface area contributed by atoms with Crippen LogP contribution in [0, 0.1) is 3.57 Å². The molecule has 114 valence electrons. The van der Waals surface area contributed by atoms with E-state index >= 15 is 0 Å². The number of halogens is 2. The maximum atomic E-state index is 12.2. The van der Waals surface area contributed by atoms with Crippen molar-refractivity contribution >= 4 is 50.4 Å². The molecule has 4 nitrogen and oxygen atoms in total. The summed E-state index contributed by atoms with van der Waals surface area (Å²) in [7, 11) is 0. The zero-order valence-corrected chi connectivity index (χ0v) is 15.2. The molecule has 1 atom stereocenters. The molecule has 0 saturated carbocycles. The van der Waals surface area contributed by atoms with E-state index in [1.807, 2.05) is 24.3 Å². The second-order valence-corrected chi connectivity index (χ2v) is 6.87. The Labute approximate surface area is 150 Å². The average Bonchev–Trinajstić information content (AvgIpc) is 2.46. The summed E-state index contributed by atoms with van der Waals surface area (Å²) in [5, 5.41) is 11.9. The minimum Gasteiger partial charge on any atom is -0.480 e. The van der Waals surface area contributed by atoms with E-state index in [-0.39, 0.29) is 6.42 Å². The van der Waals surface area contributed by atoms with Gasteiger partial charge in [-0.25, -0.2) is 4.79 Å². The summed E-state index contributed by atoms with van der Waals surface area (Å²) >= 11 is 5.46. The van der Waals surface area contributed by atoms with Gasteiger partial charge >= 0.3 is 5.97 Å². The third kappa shape index (κ3) is 4.81. The van der Waals surface area contributed by atoms with Crippen molar-refractivity contribution in [3.63, 3.8) is 0 Å². The van der Waals surface area contributed by atoms with Crippen molar-refractivity contribution in [2.75, 3.05) is 0 Å². The van der Waals surface area contributed by atoms with Crippen LogP contribution in [-0.4, -0.2) is 23.0 Å². The Morgan fingerprint density at radius 3 is 2.55 bits per heavy atom. The van der Waals surface area contributed by atoms with E-state index in [4.69, 9.17) is 0 Å². The van der Waals surface area contributed by atoms with Gasteiger partial charge in [0.25, 0.3) is 5.91 Å². The molecule has 0 bridgehead atoms. The predicted octanol–water partition coefficient (Wildman–Crippen LogP) is 3.48. The number of carboxylic acid groups (broad SMARTS) is 1. The highest BCUT2D eigenvalue weighted by Crippen LogP contribution is 2.13. The van der Waals surface area contributed by atoms with Gasteiger partial charge in [-0.1, -0.05) is 34.1 Å². The number of hydrogen-bond acceptors (Lipinski definition) is 2. The van der Waals surface area contributed by atoms with E-state index in [1.165, 1.54) is 0 Å². The molecule has 0 radical (unpaired) electrons. The summed E-state index contributed by atoms with van der Waals surface area (Å²) in [6.07, 6.45) is 0.242. The molecule has 0 aliphatic rings. The Hall–Kier alpha value is -1.41. The van der Waals surface area contributed by atoms with E-state index in [0.29, 0.717) is 5.56 Å². The van der Waals surface area contributed by atoms with Gasteiger partial charge in [-0.15, -0.1) is 0 Å². The zero-order chi connectivity index (χ0) is 16.1. The lowest BCUT2D eigenvalue weighted by Gasteiger charge is -2.15. The molecule has 0 saturated heterocycles. The molecule has 0 aliphatic carbocycles. The smallest absolute Gasteiger partial charge is 0.326 e. The second kappa shape index (κ2) is 7.73. The fourth-order valence-electron chi connectivity index (χ4n) is 1.97. The van der Waals surface area contributed by atoms with Crippen LogP contribution in [0.5, 0.6) is 0 Å². The van der Waals surface area contributed by atoms with Gasteiger partial charge in [-0.2, -0.15) is 0 Å². The van der Waals surface area contributed by atoms with Gasteiger partial charge in [-0.3, -0.25) is 4.79 Å². The van der Waals surface area contributed by atoms with Gasteiger partial charge in [0.05, 0.1) is 0 Å². The van der Waals surface area contributed by atoms with Crippen molar-refractivity contribution in [1.29, 1.82) is 0 Å². The van der Waals surface area contributed by atoms with E-state index in [0.717, 1.165) is 13.6 Å². The highest BCUT2D eigenvalue weighted by atomic mass is 127. The average molecular weight is 474 g/mol. The van der Waals surface area contributed by atoms with E-state index in [9.17, 15) is 14.7 Å². The number of aliphatic carboxylic acids is 1. The van der Waals surface area contributed by atoms with Gasteiger partial charge in [0.15, 0.2) is 0 Å². The molecule has 0 unspecified atom stereocenters. The fourth-order valence-corrected chi connectivity index (χ4v) is 2.98. The summed E-state index contributed by atoms with van der Waals surface area (Å²) in [5.41, 5.74) is 1.29. The Kier molecular flexibility index (Phi) is 5.96. The summed E-state index contributed by atoms with van der Waals surface area (Å²) < 4.78 is 1.79. The molecule has 2 rings (SSSR count). The largest absolute Gasteiger partial charge is 0.480 e.